The molecule has 1 aliphatic rings. The molecule has 1 aliphatic carbocycles. The van der Waals surface area contributed by atoms with Crippen molar-refractivity contribution >= 4 is 0 Å². The maximum absolute atomic E-state index is 9.56. The molecule has 0 amide bonds. The third kappa shape index (κ3) is 2.22. The SMILES string of the molecule is CCc1ccc(C2(C#N)CCCCC2)cc1C. The highest BCUT2D eigenvalue weighted by Crippen LogP contribution is 2.39. The molecule has 1 aromatic carbocycles. The van der Waals surface area contributed by atoms with Crippen LogP contribution in [0.1, 0.15) is 55.7 Å². The van der Waals surface area contributed by atoms with Crippen LogP contribution in [0.4, 0.5) is 0 Å². The number of nitrogens with zero attached hydrogens (tertiary/aromatic N) is 1. The highest BCUT2D eigenvalue weighted by atomic mass is 14.4. The summed E-state index contributed by atoms with van der Waals surface area (Å²) in [5, 5.41) is 9.56. The summed E-state index contributed by atoms with van der Waals surface area (Å²) in [4.78, 5) is 0. The van der Waals surface area contributed by atoms with Gasteiger partial charge in [-0.05, 0) is 42.9 Å². The second-order valence-corrected chi connectivity index (χ2v) is 5.25. The first-order valence-corrected chi connectivity index (χ1v) is 6.73. The molecule has 1 nitrogen and oxygen atoms in total. The maximum atomic E-state index is 9.56. The van der Waals surface area contributed by atoms with E-state index in [1.54, 1.807) is 0 Å². The van der Waals surface area contributed by atoms with Crippen LogP contribution < -0.4 is 0 Å². The van der Waals surface area contributed by atoms with Crippen LogP contribution in [0.3, 0.4) is 0 Å². The van der Waals surface area contributed by atoms with E-state index < -0.39 is 0 Å². The Hall–Kier alpha value is -1.29. The normalized spacial score (nSPS) is 18.6. The van der Waals surface area contributed by atoms with E-state index in [1.165, 1.54) is 36.0 Å². The summed E-state index contributed by atoms with van der Waals surface area (Å²) in [5.41, 5.74) is 3.78. The third-order valence-corrected chi connectivity index (χ3v) is 4.20. The highest BCUT2D eigenvalue weighted by Gasteiger charge is 2.33. The van der Waals surface area contributed by atoms with Gasteiger partial charge in [0.15, 0.2) is 0 Å². The minimum Gasteiger partial charge on any atom is -0.197 e. The van der Waals surface area contributed by atoms with Gasteiger partial charge in [0.05, 0.1) is 11.5 Å². The lowest BCUT2D eigenvalue weighted by molar-refractivity contribution is 0.366. The monoisotopic (exact) mass is 227 g/mol. The number of rotatable bonds is 2. The van der Waals surface area contributed by atoms with E-state index in [0.717, 1.165) is 19.3 Å². The van der Waals surface area contributed by atoms with E-state index in [0.29, 0.717) is 0 Å². The molecule has 90 valence electrons. The molecule has 0 aromatic heterocycles. The van der Waals surface area contributed by atoms with Crippen LogP contribution in [0.2, 0.25) is 0 Å². The molecule has 1 saturated carbocycles. The molecule has 1 fully saturated rings. The first-order chi connectivity index (χ1) is 8.22. The molecule has 17 heavy (non-hydrogen) atoms. The van der Waals surface area contributed by atoms with Gasteiger partial charge in [-0.2, -0.15) is 5.26 Å². The van der Waals surface area contributed by atoms with E-state index in [9.17, 15) is 5.26 Å². The minimum atomic E-state index is -0.199. The molecule has 2 rings (SSSR count). The summed E-state index contributed by atoms with van der Waals surface area (Å²) in [5.74, 6) is 0. The molecule has 1 aromatic rings. The van der Waals surface area contributed by atoms with Gasteiger partial charge in [-0.3, -0.25) is 0 Å². The van der Waals surface area contributed by atoms with Crippen molar-refractivity contribution in [3.8, 4) is 6.07 Å². The van der Waals surface area contributed by atoms with E-state index in [-0.39, 0.29) is 5.41 Å². The Bertz CT molecular complexity index is 433. The van der Waals surface area contributed by atoms with E-state index in [2.05, 4.69) is 38.1 Å². The van der Waals surface area contributed by atoms with Gasteiger partial charge in [-0.25, -0.2) is 0 Å². The molecule has 0 spiro atoms. The van der Waals surface area contributed by atoms with Gasteiger partial charge < -0.3 is 0 Å². The van der Waals surface area contributed by atoms with Crippen LogP contribution in [0.5, 0.6) is 0 Å². The second kappa shape index (κ2) is 4.92. The van der Waals surface area contributed by atoms with Crippen molar-refractivity contribution in [2.24, 2.45) is 0 Å². The van der Waals surface area contributed by atoms with Crippen molar-refractivity contribution < 1.29 is 0 Å². The Labute approximate surface area is 104 Å². The number of hydrogen-bond acceptors (Lipinski definition) is 1. The Balaban J connectivity index is 2.38. The highest BCUT2D eigenvalue weighted by molar-refractivity contribution is 5.39. The molecule has 1 heteroatoms. The lowest BCUT2D eigenvalue weighted by Crippen LogP contribution is -2.27. The summed E-state index contributed by atoms with van der Waals surface area (Å²) < 4.78 is 0. The lowest BCUT2D eigenvalue weighted by Gasteiger charge is -2.31. The van der Waals surface area contributed by atoms with Gasteiger partial charge >= 0.3 is 0 Å². The fourth-order valence-electron chi connectivity index (χ4n) is 3.01. The first-order valence-electron chi connectivity index (χ1n) is 6.73. The minimum absolute atomic E-state index is 0.199. The molecule has 0 aliphatic heterocycles. The van der Waals surface area contributed by atoms with Crippen LogP contribution in [-0.2, 0) is 11.8 Å². The largest absolute Gasteiger partial charge is 0.197 e. The molecule has 0 saturated heterocycles. The third-order valence-electron chi connectivity index (χ3n) is 4.20. The Morgan fingerprint density at radius 3 is 2.47 bits per heavy atom. The standard InChI is InChI=1S/C16H21N/c1-3-14-7-8-15(11-13(14)2)16(12-17)9-5-4-6-10-16/h7-8,11H,3-6,9-10H2,1-2H3. The Morgan fingerprint density at radius 1 is 1.24 bits per heavy atom. The fraction of sp³-hybridized carbons (Fsp3) is 0.562. The Morgan fingerprint density at radius 2 is 1.94 bits per heavy atom. The van der Waals surface area contributed by atoms with Gasteiger partial charge in [0.1, 0.15) is 0 Å². The second-order valence-electron chi connectivity index (χ2n) is 5.25. The van der Waals surface area contributed by atoms with Gasteiger partial charge in [0.25, 0.3) is 0 Å². The van der Waals surface area contributed by atoms with Crippen molar-refractivity contribution in [3.05, 3.63) is 34.9 Å². The number of aryl methyl sites for hydroxylation is 2. The predicted molar refractivity (Wildman–Crippen MR) is 70.9 cm³/mol. The number of benzene rings is 1. The van der Waals surface area contributed by atoms with Gasteiger partial charge in [-0.1, -0.05) is 44.4 Å². The van der Waals surface area contributed by atoms with Crippen LogP contribution in [-0.4, -0.2) is 0 Å². The topological polar surface area (TPSA) is 23.8 Å². The first kappa shape index (κ1) is 12.2. The summed E-state index contributed by atoms with van der Waals surface area (Å²) in [7, 11) is 0. The van der Waals surface area contributed by atoms with Crippen molar-refractivity contribution in [3.63, 3.8) is 0 Å². The fourth-order valence-corrected chi connectivity index (χ4v) is 3.01. The zero-order valence-corrected chi connectivity index (χ0v) is 10.9. The van der Waals surface area contributed by atoms with Gasteiger partial charge in [0.2, 0.25) is 0 Å². The molecule has 0 N–H and O–H groups in total. The summed E-state index contributed by atoms with van der Waals surface area (Å²) in [6.45, 7) is 4.35. The van der Waals surface area contributed by atoms with Gasteiger partial charge in [-0.15, -0.1) is 0 Å². The van der Waals surface area contributed by atoms with Crippen molar-refractivity contribution in [2.75, 3.05) is 0 Å². The molecule has 0 unspecified atom stereocenters. The Kier molecular flexibility index (Phi) is 3.52. The van der Waals surface area contributed by atoms with E-state index in [1.807, 2.05) is 0 Å². The van der Waals surface area contributed by atoms with Crippen LogP contribution in [0.25, 0.3) is 0 Å². The zero-order valence-electron chi connectivity index (χ0n) is 10.9. The number of nitriles is 1. The molecular formula is C16H21N. The van der Waals surface area contributed by atoms with Crippen LogP contribution in [0.15, 0.2) is 18.2 Å². The molecule has 0 radical (unpaired) electrons. The average Bonchev–Trinajstić information content (AvgIpc) is 2.39. The van der Waals surface area contributed by atoms with Crippen molar-refractivity contribution in [1.29, 1.82) is 5.26 Å². The maximum Gasteiger partial charge on any atom is 0.0822 e. The molecule has 0 atom stereocenters. The van der Waals surface area contributed by atoms with Crippen LogP contribution in [0, 0.1) is 18.3 Å². The number of hydrogen-bond donors (Lipinski definition) is 0. The van der Waals surface area contributed by atoms with Crippen molar-refractivity contribution in [1.82, 2.24) is 0 Å². The van der Waals surface area contributed by atoms with E-state index in [4.69, 9.17) is 0 Å². The van der Waals surface area contributed by atoms with E-state index >= 15 is 0 Å². The van der Waals surface area contributed by atoms with Crippen molar-refractivity contribution in [2.45, 2.75) is 57.8 Å². The lowest BCUT2D eigenvalue weighted by atomic mass is 9.70. The predicted octanol–water partition coefficient (Wildman–Crippen LogP) is 4.28. The summed E-state index contributed by atoms with van der Waals surface area (Å²) >= 11 is 0. The average molecular weight is 227 g/mol. The quantitative estimate of drug-likeness (QED) is 0.739. The smallest absolute Gasteiger partial charge is 0.0822 e. The summed E-state index contributed by atoms with van der Waals surface area (Å²) in [6, 6.07) is 9.23. The zero-order chi connectivity index (χ0) is 12.3. The molecule has 0 heterocycles. The molecule has 0 bridgehead atoms. The molecular weight excluding hydrogens is 206 g/mol. The van der Waals surface area contributed by atoms with Crippen LogP contribution >= 0.6 is 0 Å². The van der Waals surface area contributed by atoms with Gasteiger partial charge in [0, 0.05) is 0 Å². The summed E-state index contributed by atoms with van der Waals surface area (Å²) in [6.07, 6.45) is 6.83.